The fourth-order valence-corrected chi connectivity index (χ4v) is 4.43. The molecule has 1 unspecified atom stereocenters. The van der Waals surface area contributed by atoms with Gasteiger partial charge >= 0.3 is 0 Å². The molecule has 0 radical (unpaired) electrons. The smallest absolute Gasteiger partial charge is 0.271 e. The van der Waals surface area contributed by atoms with Gasteiger partial charge < -0.3 is 14.5 Å². The lowest BCUT2D eigenvalue weighted by Crippen LogP contribution is -2.51. The van der Waals surface area contributed by atoms with Gasteiger partial charge in [0.05, 0.1) is 5.57 Å². The summed E-state index contributed by atoms with van der Waals surface area (Å²) in [7, 11) is 2.01. The third kappa shape index (κ3) is 3.45. The SMILES string of the molecule is CN1CCN(C(=O)C2OC(c3ccncc3)=C(c3ccc4c(c3)CCC4=O)C2=O)CC1. The van der Waals surface area contributed by atoms with Crippen LogP contribution >= 0.6 is 0 Å². The molecule has 1 saturated heterocycles. The number of amides is 1. The van der Waals surface area contributed by atoms with Gasteiger partial charge in [0.15, 0.2) is 5.78 Å². The van der Waals surface area contributed by atoms with E-state index in [0.29, 0.717) is 54.0 Å². The number of aryl methyl sites for hydroxylation is 1. The van der Waals surface area contributed by atoms with E-state index in [4.69, 9.17) is 4.74 Å². The molecule has 3 heterocycles. The van der Waals surface area contributed by atoms with Crippen molar-refractivity contribution in [2.45, 2.75) is 18.9 Å². The van der Waals surface area contributed by atoms with Crippen molar-refractivity contribution < 1.29 is 19.1 Å². The van der Waals surface area contributed by atoms with Gasteiger partial charge in [-0.25, -0.2) is 0 Å². The minimum Gasteiger partial charge on any atom is -0.471 e. The molecule has 7 nitrogen and oxygen atoms in total. The van der Waals surface area contributed by atoms with Gasteiger partial charge in [0, 0.05) is 56.1 Å². The number of ketones is 2. The van der Waals surface area contributed by atoms with E-state index in [-0.39, 0.29) is 17.5 Å². The normalized spacial score (nSPS) is 21.5. The van der Waals surface area contributed by atoms with Gasteiger partial charge in [-0.15, -0.1) is 0 Å². The van der Waals surface area contributed by atoms with Crippen molar-refractivity contribution >= 4 is 28.8 Å². The molecule has 158 valence electrons. The first-order valence-corrected chi connectivity index (χ1v) is 10.5. The fourth-order valence-electron chi connectivity index (χ4n) is 4.43. The molecule has 31 heavy (non-hydrogen) atoms. The quantitative estimate of drug-likeness (QED) is 0.709. The molecular weight excluding hydrogens is 394 g/mol. The van der Waals surface area contributed by atoms with Crippen LogP contribution in [0.15, 0.2) is 42.7 Å². The summed E-state index contributed by atoms with van der Waals surface area (Å²) in [6, 6.07) is 8.98. The Morgan fingerprint density at radius 2 is 1.74 bits per heavy atom. The first kappa shape index (κ1) is 19.6. The molecule has 1 aliphatic carbocycles. The Bertz CT molecular complexity index is 1100. The molecule has 2 aliphatic heterocycles. The minimum atomic E-state index is -1.18. The van der Waals surface area contributed by atoms with E-state index < -0.39 is 6.10 Å². The highest BCUT2D eigenvalue weighted by molar-refractivity contribution is 6.36. The molecular formula is C24H23N3O4. The molecule has 1 atom stereocenters. The maximum atomic E-state index is 13.5. The summed E-state index contributed by atoms with van der Waals surface area (Å²) in [5.74, 6) is -0.109. The molecule has 2 aromatic rings. The molecule has 1 fully saturated rings. The van der Waals surface area contributed by atoms with Crippen molar-refractivity contribution in [3.8, 4) is 0 Å². The molecule has 1 aromatic heterocycles. The van der Waals surface area contributed by atoms with E-state index in [1.807, 2.05) is 13.1 Å². The zero-order valence-corrected chi connectivity index (χ0v) is 17.3. The Kier molecular flexibility index (Phi) is 4.90. The number of pyridine rings is 1. The third-order valence-electron chi connectivity index (χ3n) is 6.24. The Balaban J connectivity index is 1.52. The predicted molar refractivity (Wildman–Crippen MR) is 114 cm³/mol. The van der Waals surface area contributed by atoms with E-state index in [1.165, 1.54) is 0 Å². The Labute approximate surface area is 180 Å². The van der Waals surface area contributed by atoms with Gasteiger partial charge in [0.25, 0.3) is 5.91 Å². The second-order valence-corrected chi connectivity index (χ2v) is 8.23. The lowest BCUT2D eigenvalue weighted by atomic mass is 9.94. The second kappa shape index (κ2) is 7.74. The molecule has 0 saturated carbocycles. The van der Waals surface area contributed by atoms with Gasteiger partial charge in [-0.1, -0.05) is 18.2 Å². The predicted octanol–water partition coefficient (Wildman–Crippen LogP) is 1.82. The molecule has 0 bridgehead atoms. The van der Waals surface area contributed by atoms with E-state index in [2.05, 4.69) is 9.88 Å². The molecule has 0 spiro atoms. The number of rotatable bonds is 3. The van der Waals surface area contributed by atoms with Crippen LogP contribution in [0.25, 0.3) is 11.3 Å². The van der Waals surface area contributed by atoms with Crippen molar-refractivity contribution in [3.05, 3.63) is 65.0 Å². The largest absolute Gasteiger partial charge is 0.471 e. The summed E-state index contributed by atoms with van der Waals surface area (Å²) in [5, 5.41) is 0. The van der Waals surface area contributed by atoms with E-state index in [1.54, 1.807) is 41.6 Å². The topological polar surface area (TPSA) is 79.8 Å². The van der Waals surface area contributed by atoms with Crippen LogP contribution in [0.1, 0.15) is 33.5 Å². The Morgan fingerprint density at radius 1 is 1.00 bits per heavy atom. The summed E-state index contributed by atoms with van der Waals surface area (Å²) in [5.41, 5.74) is 3.42. The van der Waals surface area contributed by atoms with Crippen LogP contribution in [0, 0.1) is 0 Å². The summed E-state index contributed by atoms with van der Waals surface area (Å²) < 4.78 is 6.04. The molecule has 1 amide bonds. The van der Waals surface area contributed by atoms with Crippen LogP contribution in [0.4, 0.5) is 0 Å². The maximum Gasteiger partial charge on any atom is 0.271 e. The van der Waals surface area contributed by atoms with Gasteiger partial charge in [-0.3, -0.25) is 19.4 Å². The number of hydrogen-bond acceptors (Lipinski definition) is 6. The number of carbonyl (C=O) groups is 3. The molecule has 7 heteroatoms. The fraction of sp³-hybridized carbons (Fsp3) is 0.333. The average Bonchev–Trinajstić information content (AvgIpc) is 3.34. The summed E-state index contributed by atoms with van der Waals surface area (Å²) in [6.07, 6.45) is 3.23. The number of benzene rings is 1. The standard InChI is InChI=1S/C24H23N3O4/c1-26-10-12-27(13-11-26)24(30)23-21(29)20(22(31-23)15-6-8-25-9-7-15)17-2-4-18-16(14-17)3-5-19(18)28/h2,4,6-9,14,23H,3,5,10-13H2,1H3. The summed E-state index contributed by atoms with van der Waals surface area (Å²) in [6.45, 7) is 2.68. The number of ether oxygens (including phenoxy) is 1. The van der Waals surface area contributed by atoms with Gasteiger partial charge in [0.1, 0.15) is 5.76 Å². The molecule has 5 rings (SSSR count). The van der Waals surface area contributed by atoms with Crippen molar-refractivity contribution in [1.82, 2.24) is 14.8 Å². The number of piperazine rings is 1. The number of fused-ring (bicyclic) bond motifs is 1. The highest BCUT2D eigenvalue weighted by Crippen LogP contribution is 2.38. The van der Waals surface area contributed by atoms with Gasteiger partial charge in [0.2, 0.25) is 11.9 Å². The summed E-state index contributed by atoms with van der Waals surface area (Å²) >= 11 is 0. The Morgan fingerprint density at radius 3 is 2.48 bits per heavy atom. The first-order chi connectivity index (χ1) is 15.0. The van der Waals surface area contributed by atoms with E-state index in [9.17, 15) is 14.4 Å². The van der Waals surface area contributed by atoms with Crippen molar-refractivity contribution in [2.24, 2.45) is 0 Å². The molecule has 1 aromatic carbocycles. The minimum absolute atomic E-state index is 0.127. The average molecular weight is 417 g/mol. The van der Waals surface area contributed by atoms with Crippen molar-refractivity contribution in [2.75, 3.05) is 33.2 Å². The number of carbonyl (C=O) groups excluding carboxylic acids is 3. The van der Waals surface area contributed by atoms with Crippen LogP contribution in [-0.2, 0) is 20.7 Å². The number of nitrogens with zero attached hydrogens (tertiary/aromatic N) is 3. The number of hydrogen-bond donors (Lipinski definition) is 0. The Hall–Kier alpha value is -3.32. The maximum absolute atomic E-state index is 13.5. The highest BCUT2D eigenvalue weighted by atomic mass is 16.5. The third-order valence-corrected chi connectivity index (χ3v) is 6.24. The molecule has 3 aliphatic rings. The monoisotopic (exact) mass is 417 g/mol. The number of likely N-dealkylation sites (N-methyl/N-ethyl adjacent to an activating group) is 1. The van der Waals surface area contributed by atoms with Crippen LogP contribution < -0.4 is 0 Å². The van der Waals surface area contributed by atoms with E-state index >= 15 is 0 Å². The van der Waals surface area contributed by atoms with Crippen LogP contribution in [0.3, 0.4) is 0 Å². The van der Waals surface area contributed by atoms with E-state index in [0.717, 1.165) is 18.7 Å². The van der Waals surface area contributed by atoms with Crippen LogP contribution in [-0.4, -0.2) is 71.6 Å². The van der Waals surface area contributed by atoms with Crippen molar-refractivity contribution in [3.63, 3.8) is 0 Å². The second-order valence-electron chi connectivity index (χ2n) is 8.23. The van der Waals surface area contributed by atoms with Gasteiger partial charge in [-0.2, -0.15) is 0 Å². The number of aromatic nitrogens is 1. The van der Waals surface area contributed by atoms with Crippen LogP contribution in [0.5, 0.6) is 0 Å². The highest BCUT2D eigenvalue weighted by Gasteiger charge is 2.43. The van der Waals surface area contributed by atoms with Crippen LogP contribution in [0.2, 0.25) is 0 Å². The lowest BCUT2D eigenvalue weighted by Gasteiger charge is -2.33. The zero-order valence-electron chi connectivity index (χ0n) is 17.3. The van der Waals surface area contributed by atoms with Gasteiger partial charge in [-0.05, 0) is 36.7 Å². The number of Topliss-reactive ketones (excluding diaryl/α,β-unsaturated/α-hetero) is 2. The molecule has 0 N–H and O–H groups in total. The lowest BCUT2D eigenvalue weighted by molar-refractivity contribution is -0.144. The van der Waals surface area contributed by atoms with Crippen molar-refractivity contribution in [1.29, 1.82) is 0 Å². The first-order valence-electron chi connectivity index (χ1n) is 10.5. The zero-order chi connectivity index (χ0) is 21.5. The summed E-state index contributed by atoms with van der Waals surface area (Å²) in [4.78, 5) is 46.6.